The average molecular weight is 314 g/mol. The summed E-state index contributed by atoms with van der Waals surface area (Å²) in [7, 11) is 3.25. The SMILES string of the molecule is CNC(=O)CCN(C)c1ccc(C#N)c(Br)c1F. The van der Waals surface area contributed by atoms with Crippen molar-refractivity contribution in [1.29, 1.82) is 5.26 Å². The third kappa shape index (κ3) is 3.20. The monoisotopic (exact) mass is 313 g/mol. The molecule has 1 aromatic rings. The number of carbonyl (C=O) groups is 1. The van der Waals surface area contributed by atoms with E-state index in [9.17, 15) is 9.18 Å². The maximum absolute atomic E-state index is 14.0. The molecule has 1 aromatic carbocycles. The number of hydrogen-bond acceptors (Lipinski definition) is 3. The number of hydrogen-bond donors (Lipinski definition) is 1. The number of anilines is 1. The molecular weight excluding hydrogens is 301 g/mol. The Morgan fingerprint density at radius 2 is 2.28 bits per heavy atom. The normalized spacial score (nSPS) is 9.72. The number of nitriles is 1. The second kappa shape index (κ2) is 6.36. The second-order valence-electron chi connectivity index (χ2n) is 3.72. The molecule has 0 radical (unpaired) electrons. The van der Waals surface area contributed by atoms with Gasteiger partial charge in [0.25, 0.3) is 0 Å². The third-order valence-corrected chi connectivity index (χ3v) is 3.32. The standard InChI is InChI=1S/C12H13BrFN3O/c1-16-10(18)5-6-17(2)9-4-3-8(7-15)11(13)12(9)14/h3-4H,5-6H2,1-2H3,(H,16,18). The quantitative estimate of drug-likeness (QED) is 0.925. The summed E-state index contributed by atoms with van der Waals surface area (Å²) in [4.78, 5) is 12.8. The van der Waals surface area contributed by atoms with Crippen molar-refractivity contribution < 1.29 is 9.18 Å². The summed E-state index contributed by atoms with van der Waals surface area (Å²) in [6.07, 6.45) is 0.282. The first-order chi connectivity index (χ1) is 8.51. The fraction of sp³-hybridized carbons (Fsp3) is 0.333. The lowest BCUT2D eigenvalue weighted by molar-refractivity contribution is -0.120. The van der Waals surface area contributed by atoms with E-state index in [2.05, 4.69) is 21.2 Å². The van der Waals surface area contributed by atoms with Gasteiger partial charge in [0.15, 0.2) is 5.82 Å². The van der Waals surface area contributed by atoms with E-state index < -0.39 is 5.82 Å². The van der Waals surface area contributed by atoms with Crippen LogP contribution in [0.3, 0.4) is 0 Å². The van der Waals surface area contributed by atoms with E-state index in [1.807, 2.05) is 6.07 Å². The van der Waals surface area contributed by atoms with Crippen LogP contribution in [0.1, 0.15) is 12.0 Å². The predicted octanol–water partition coefficient (Wildman–Crippen LogP) is 2.03. The van der Waals surface area contributed by atoms with Crippen molar-refractivity contribution in [3.8, 4) is 6.07 Å². The Morgan fingerprint density at radius 3 is 2.83 bits per heavy atom. The van der Waals surface area contributed by atoms with Crippen molar-refractivity contribution in [2.75, 3.05) is 25.5 Å². The van der Waals surface area contributed by atoms with E-state index in [-0.39, 0.29) is 22.4 Å². The number of nitrogens with one attached hydrogen (secondary N) is 1. The molecule has 1 amide bonds. The first-order valence-corrected chi connectivity index (χ1v) is 6.10. The lowest BCUT2D eigenvalue weighted by atomic mass is 10.2. The van der Waals surface area contributed by atoms with Crippen molar-refractivity contribution in [2.24, 2.45) is 0 Å². The van der Waals surface area contributed by atoms with Crippen LogP contribution in [0.4, 0.5) is 10.1 Å². The fourth-order valence-electron chi connectivity index (χ4n) is 1.44. The number of nitrogens with zero attached hydrogens (tertiary/aromatic N) is 2. The summed E-state index contributed by atoms with van der Waals surface area (Å²) in [5.41, 5.74) is 0.598. The van der Waals surface area contributed by atoms with Gasteiger partial charge >= 0.3 is 0 Å². The maximum Gasteiger partial charge on any atom is 0.221 e. The summed E-state index contributed by atoms with van der Waals surface area (Å²) < 4.78 is 14.1. The van der Waals surface area contributed by atoms with Gasteiger partial charge < -0.3 is 10.2 Å². The molecule has 0 aromatic heterocycles. The highest BCUT2D eigenvalue weighted by Gasteiger charge is 2.14. The molecule has 0 spiro atoms. The molecule has 0 saturated carbocycles. The lowest BCUT2D eigenvalue weighted by Crippen LogP contribution is -2.26. The van der Waals surface area contributed by atoms with Crippen molar-refractivity contribution in [3.05, 3.63) is 28.0 Å². The first-order valence-electron chi connectivity index (χ1n) is 5.31. The minimum absolute atomic E-state index is 0.102. The molecule has 4 nitrogen and oxygen atoms in total. The molecule has 0 bridgehead atoms. The van der Waals surface area contributed by atoms with E-state index in [0.29, 0.717) is 12.2 Å². The Labute approximate surface area is 114 Å². The van der Waals surface area contributed by atoms with Crippen LogP contribution in [0.2, 0.25) is 0 Å². The van der Waals surface area contributed by atoms with Gasteiger partial charge in [-0.1, -0.05) is 0 Å². The fourth-order valence-corrected chi connectivity index (χ4v) is 1.86. The van der Waals surface area contributed by atoms with Crippen molar-refractivity contribution in [1.82, 2.24) is 5.32 Å². The summed E-state index contributed by atoms with van der Waals surface area (Å²) in [6.45, 7) is 0.398. The van der Waals surface area contributed by atoms with E-state index in [4.69, 9.17) is 5.26 Å². The smallest absolute Gasteiger partial charge is 0.221 e. The lowest BCUT2D eigenvalue weighted by Gasteiger charge is -2.20. The van der Waals surface area contributed by atoms with Crippen molar-refractivity contribution >= 4 is 27.5 Å². The van der Waals surface area contributed by atoms with Gasteiger partial charge in [-0.25, -0.2) is 4.39 Å². The van der Waals surface area contributed by atoms with Crippen LogP contribution in [0.25, 0.3) is 0 Å². The molecule has 0 aliphatic rings. The van der Waals surface area contributed by atoms with Crippen LogP contribution >= 0.6 is 15.9 Å². The van der Waals surface area contributed by atoms with Gasteiger partial charge in [-0.15, -0.1) is 0 Å². The zero-order chi connectivity index (χ0) is 13.7. The highest BCUT2D eigenvalue weighted by Crippen LogP contribution is 2.28. The number of amides is 1. The number of halogens is 2. The Kier molecular flexibility index (Phi) is 5.10. The average Bonchev–Trinajstić information content (AvgIpc) is 2.38. The van der Waals surface area contributed by atoms with Gasteiger partial charge in [-0.3, -0.25) is 4.79 Å². The largest absolute Gasteiger partial charge is 0.372 e. The summed E-state index contributed by atoms with van der Waals surface area (Å²) in [6, 6.07) is 4.96. The Morgan fingerprint density at radius 1 is 1.61 bits per heavy atom. The summed E-state index contributed by atoms with van der Waals surface area (Å²) in [5, 5.41) is 11.3. The zero-order valence-corrected chi connectivity index (χ0v) is 11.7. The Hall–Kier alpha value is -1.61. The highest BCUT2D eigenvalue weighted by atomic mass is 79.9. The van der Waals surface area contributed by atoms with E-state index in [1.165, 1.54) is 6.07 Å². The second-order valence-corrected chi connectivity index (χ2v) is 4.51. The molecule has 96 valence electrons. The van der Waals surface area contributed by atoms with Gasteiger partial charge in [-0.05, 0) is 28.1 Å². The van der Waals surface area contributed by atoms with Gasteiger partial charge in [0.1, 0.15) is 6.07 Å². The van der Waals surface area contributed by atoms with Crippen molar-refractivity contribution in [3.63, 3.8) is 0 Å². The maximum atomic E-state index is 14.0. The summed E-state index contributed by atoms with van der Waals surface area (Å²) >= 11 is 3.05. The molecule has 6 heteroatoms. The van der Waals surface area contributed by atoms with Gasteiger partial charge in [0.05, 0.1) is 15.7 Å². The van der Waals surface area contributed by atoms with E-state index in [1.54, 1.807) is 25.1 Å². The molecule has 0 saturated heterocycles. The van der Waals surface area contributed by atoms with Gasteiger partial charge in [-0.2, -0.15) is 5.26 Å². The molecular formula is C12H13BrFN3O. The van der Waals surface area contributed by atoms with Crippen LogP contribution in [-0.2, 0) is 4.79 Å². The molecule has 0 fully saturated rings. The van der Waals surface area contributed by atoms with Gasteiger partial charge in [0.2, 0.25) is 5.91 Å². The Bertz CT molecular complexity index is 499. The summed E-state index contributed by atoms with van der Waals surface area (Å²) in [5.74, 6) is -0.594. The molecule has 18 heavy (non-hydrogen) atoms. The molecule has 0 unspecified atom stereocenters. The minimum Gasteiger partial charge on any atom is -0.372 e. The number of carbonyl (C=O) groups excluding carboxylic acids is 1. The minimum atomic E-state index is -0.492. The molecule has 0 heterocycles. The third-order valence-electron chi connectivity index (χ3n) is 2.55. The molecule has 1 N–H and O–H groups in total. The van der Waals surface area contributed by atoms with Crippen LogP contribution in [0, 0.1) is 17.1 Å². The number of benzene rings is 1. The van der Waals surface area contributed by atoms with Crippen molar-refractivity contribution in [2.45, 2.75) is 6.42 Å². The van der Waals surface area contributed by atoms with Crippen LogP contribution in [-0.4, -0.2) is 26.5 Å². The van der Waals surface area contributed by atoms with Crippen LogP contribution < -0.4 is 10.2 Å². The van der Waals surface area contributed by atoms with E-state index in [0.717, 1.165) is 0 Å². The predicted molar refractivity (Wildman–Crippen MR) is 70.8 cm³/mol. The zero-order valence-electron chi connectivity index (χ0n) is 10.1. The first kappa shape index (κ1) is 14.5. The molecule has 0 atom stereocenters. The van der Waals surface area contributed by atoms with Crippen LogP contribution in [0.15, 0.2) is 16.6 Å². The van der Waals surface area contributed by atoms with Crippen LogP contribution in [0.5, 0.6) is 0 Å². The Balaban J connectivity index is 2.87. The molecule has 1 rings (SSSR count). The highest BCUT2D eigenvalue weighted by molar-refractivity contribution is 9.10. The topological polar surface area (TPSA) is 56.1 Å². The number of rotatable bonds is 4. The van der Waals surface area contributed by atoms with Gasteiger partial charge in [0, 0.05) is 27.1 Å². The molecule has 0 aliphatic heterocycles. The van der Waals surface area contributed by atoms with E-state index >= 15 is 0 Å². The molecule has 0 aliphatic carbocycles.